The maximum Gasteiger partial charge on any atom is 0.0498 e. The topological polar surface area (TPSA) is 32.6 Å². The molecule has 0 spiro atoms. The monoisotopic (exact) mass is 301 g/mol. The van der Waals surface area contributed by atoms with Gasteiger partial charge in [0, 0.05) is 11.6 Å². The molecule has 0 amide bonds. The lowest BCUT2D eigenvalue weighted by molar-refractivity contribution is 0.0129. The minimum Gasteiger partial charge on any atom is -0.411 e. The molecule has 3 aliphatic carbocycles. The zero-order valence-electron chi connectivity index (χ0n) is 14.4. The molecule has 0 aromatic heterocycles. The Labute approximate surface area is 135 Å². The van der Waals surface area contributed by atoms with Crippen LogP contribution in [0.3, 0.4) is 0 Å². The van der Waals surface area contributed by atoms with E-state index >= 15 is 0 Å². The van der Waals surface area contributed by atoms with Crippen LogP contribution in [0.1, 0.15) is 65.7 Å². The van der Waals surface area contributed by atoms with Crippen molar-refractivity contribution in [3.05, 3.63) is 24.3 Å². The van der Waals surface area contributed by atoms with Gasteiger partial charge in [-0.1, -0.05) is 44.9 Å². The molecule has 0 aromatic carbocycles. The van der Waals surface area contributed by atoms with Crippen LogP contribution in [0.25, 0.3) is 0 Å². The third-order valence-electron chi connectivity index (χ3n) is 7.23. The van der Waals surface area contributed by atoms with Crippen LogP contribution >= 0.6 is 0 Å². The maximum absolute atomic E-state index is 9.13. The van der Waals surface area contributed by atoms with E-state index in [4.69, 9.17) is 5.21 Å². The van der Waals surface area contributed by atoms with E-state index in [1.165, 1.54) is 32.1 Å². The van der Waals surface area contributed by atoms with E-state index in [9.17, 15) is 0 Å². The molecule has 1 N–H and O–H groups in total. The summed E-state index contributed by atoms with van der Waals surface area (Å²) in [4.78, 5) is 0. The molecule has 2 fully saturated rings. The van der Waals surface area contributed by atoms with E-state index in [0.717, 1.165) is 18.8 Å². The summed E-state index contributed by atoms with van der Waals surface area (Å²) in [6.07, 6.45) is 15.1. The molecule has 22 heavy (non-hydrogen) atoms. The molecule has 2 heteroatoms. The second-order valence-electron chi connectivity index (χ2n) is 8.77. The number of rotatable bonds is 2. The van der Waals surface area contributed by atoms with Crippen molar-refractivity contribution in [2.24, 2.45) is 33.2 Å². The lowest BCUT2D eigenvalue weighted by Crippen LogP contribution is -2.50. The van der Waals surface area contributed by atoms with Crippen molar-refractivity contribution >= 4 is 6.21 Å². The number of nitrogens with zero attached hydrogens (tertiary/aromatic N) is 1. The summed E-state index contributed by atoms with van der Waals surface area (Å²) in [7, 11) is 0. The molecule has 0 unspecified atom stereocenters. The summed E-state index contributed by atoms with van der Waals surface area (Å²) in [5.41, 5.74) is 2.33. The van der Waals surface area contributed by atoms with Gasteiger partial charge < -0.3 is 5.21 Å². The van der Waals surface area contributed by atoms with Crippen molar-refractivity contribution in [3.8, 4) is 0 Å². The molecule has 0 saturated heterocycles. The van der Waals surface area contributed by atoms with Crippen molar-refractivity contribution in [2.75, 3.05) is 0 Å². The summed E-state index contributed by atoms with van der Waals surface area (Å²) < 4.78 is 0. The molecule has 0 bridgehead atoms. The summed E-state index contributed by atoms with van der Waals surface area (Å²) >= 11 is 0. The molecule has 0 heterocycles. The second kappa shape index (κ2) is 5.25. The Morgan fingerprint density at radius 2 is 2.05 bits per heavy atom. The molecule has 122 valence electrons. The molecule has 0 aromatic rings. The molecule has 0 radical (unpaired) electrons. The Kier molecular flexibility index (Phi) is 3.78. The molecule has 5 atom stereocenters. The standard InChI is InChI=1S/C20H31NO/c1-5-18(2)12-9-16-15(13-18)7-8-17-19(3,14-21-22)10-6-11-20(16,17)4/h5,9,14-15,17,22H,1,6-8,10-13H2,2-4H3/b21-14+/t15-,17+,18-,19-,20-/m0/s1. The zero-order valence-corrected chi connectivity index (χ0v) is 14.4. The fraction of sp³-hybridized carbons (Fsp3) is 0.750. The summed E-state index contributed by atoms with van der Waals surface area (Å²) in [5.74, 6) is 1.34. The quantitative estimate of drug-likeness (QED) is 0.307. The number of hydrogen-bond donors (Lipinski definition) is 1. The first-order valence-corrected chi connectivity index (χ1v) is 8.90. The SMILES string of the molecule is C=C[C@@]1(C)CC=C2[C@@H](CC[C@H]3[C@@]2(C)CCC[C@@]3(C)/C=N/O)C1. The van der Waals surface area contributed by atoms with Crippen molar-refractivity contribution in [1.29, 1.82) is 0 Å². The Bertz CT molecular complexity index is 522. The van der Waals surface area contributed by atoms with Crippen LogP contribution in [0, 0.1) is 28.1 Å². The summed E-state index contributed by atoms with van der Waals surface area (Å²) in [5, 5.41) is 12.6. The summed E-state index contributed by atoms with van der Waals surface area (Å²) in [6, 6.07) is 0. The summed E-state index contributed by atoms with van der Waals surface area (Å²) in [6.45, 7) is 11.2. The van der Waals surface area contributed by atoms with Gasteiger partial charge in [0.1, 0.15) is 0 Å². The first-order chi connectivity index (χ1) is 10.4. The predicted octanol–water partition coefficient (Wildman–Crippen LogP) is 5.58. The number of oxime groups is 1. The number of fused-ring (bicyclic) bond motifs is 3. The molecule has 2 saturated carbocycles. The maximum atomic E-state index is 9.13. The largest absolute Gasteiger partial charge is 0.411 e. The highest BCUT2D eigenvalue weighted by Gasteiger charge is 2.54. The minimum absolute atomic E-state index is 0.0484. The van der Waals surface area contributed by atoms with Gasteiger partial charge in [0.05, 0.1) is 0 Å². The Morgan fingerprint density at radius 1 is 1.27 bits per heavy atom. The van der Waals surface area contributed by atoms with Crippen LogP contribution < -0.4 is 0 Å². The van der Waals surface area contributed by atoms with Gasteiger partial charge in [-0.3, -0.25) is 0 Å². The van der Waals surface area contributed by atoms with Gasteiger partial charge >= 0.3 is 0 Å². The van der Waals surface area contributed by atoms with Crippen molar-refractivity contribution in [2.45, 2.75) is 65.7 Å². The number of allylic oxidation sites excluding steroid dienone is 3. The average molecular weight is 301 g/mol. The molecule has 0 aliphatic heterocycles. The van der Waals surface area contributed by atoms with Crippen molar-refractivity contribution in [1.82, 2.24) is 0 Å². The van der Waals surface area contributed by atoms with E-state index in [2.05, 4.69) is 44.7 Å². The van der Waals surface area contributed by atoms with Crippen molar-refractivity contribution in [3.63, 3.8) is 0 Å². The highest BCUT2D eigenvalue weighted by atomic mass is 16.4. The van der Waals surface area contributed by atoms with Gasteiger partial charge in [-0.25, -0.2) is 0 Å². The van der Waals surface area contributed by atoms with Gasteiger partial charge in [0.2, 0.25) is 0 Å². The average Bonchev–Trinajstić information content (AvgIpc) is 2.47. The van der Waals surface area contributed by atoms with E-state index in [1.807, 2.05) is 6.21 Å². The van der Waals surface area contributed by atoms with Crippen LogP contribution in [-0.2, 0) is 0 Å². The lowest BCUT2D eigenvalue weighted by atomic mass is 9.46. The molecule has 3 aliphatic rings. The minimum atomic E-state index is 0.0484. The predicted molar refractivity (Wildman–Crippen MR) is 92.2 cm³/mol. The highest BCUT2D eigenvalue weighted by molar-refractivity contribution is 5.66. The molecular formula is C20H31NO. The van der Waals surface area contributed by atoms with Gasteiger partial charge in [-0.2, -0.15) is 0 Å². The van der Waals surface area contributed by atoms with Gasteiger partial charge in [0.25, 0.3) is 0 Å². The van der Waals surface area contributed by atoms with Crippen molar-refractivity contribution < 1.29 is 5.21 Å². The van der Waals surface area contributed by atoms with Crippen LogP contribution in [0.15, 0.2) is 29.5 Å². The highest BCUT2D eigenvalue weighted by Crippen LogP contribution is 2.63. The first-order valence-electron chi connectivity index (χ1n) is 8.90. The fourth-order valence-corrected chi connectivity index (χ4v) is 5.95. The molecular weight excluding hydrogens is 270 g/mol. The Balaban J connectivity index is 1.97. The van der Waals surface area contributed by atoms with Gasteiger partial charge in [0.15, 0.2) is 0 Å². The molecule has 3 rings (SSSR count). The van der Waals surface area contributed by atoms with E-state index in [0.29, 0.717) is 11.3 Å². The smallest absolute Gasteiger partial charge is 0.0498 e. The third-order valence-corrected chi connectivity index (χ3v) is 7.23. The Hall–Kier alpha value is -1.05. The third kappa shape index (κ3) is 2.26. The van der Waals surface area contributed by atoms with Gasteiger partial charge in [-0.05, 0) is 61.2 Å². The van der Waals surface area contributed by atoms with Crippen LogP contribution in [-0.4, -0.2) is 11.4 Å². The Morgan fingerprint density at radius 3 is 2.73 bits per heavy atom. The lowest BCUT2D eigenvalue weighted by Gasteiger charge is -2.58. The number of hydrogen-bond acceptors (Lipinski definition) is 2. The van der Waals surface area contributed by atoms with Gasteiger partial charge in [-0.15, -0.1) is 11.7 Å². The normalized spacial score (nSPS) is 48.4. The van der Waals surface area contributed by atoms with E-state index in [1.54, 1.807) is 5.57 Å². The van der Waals surface area contributed by atoms with Crippen LogP contribution in [0.5, 0.6) is 0 Å². The van der Waals surface area contributed by atoms with E-state index in [-0.39, 0.29) is 10.8 Å². The fourth-order valence-electron chi connectivity index (χ4n) is 5.95. The van der Waals surface area contributed by atoms with Crippen LogP contribution in [0.2, 0.25) is 0 Å². The molecule has 2 nitrogen and oxygen atoms in total. The van der Waals surface area contributed by atoms with E-state index < -0.39 is 0 Å². The second-order valence-corrected chi connectivity index (χ2v) is 8.77. The van der Waals surface area contributed by atoms with Crippen LogP contribution in [0.4, 0.5) is 0 Å². The first kappa shape index (κ1) is 15.8. The zero-order chi connectivity index (χ0) is 16.0.